The van der Waals surface area contributed by atoms with E-state index in [9.17, 15) is 0 Å². The van der Waals surface area contributed by atoms with Crippen LogP contribution in [0.15, 0.2) is 30.3 Å². The van der Waals surface area contributed by atoms with E-state index in [-0.39, 0.29) is 12.4 Å². The molecule has 4 saturated carbocycles. The van der Waals surface area contributed by atoms with Gasteiger partial charge in [-0.1, -0.05) is 43.7 Å². The highest BCUT2D eigenvalue weighted by Crippen LogP contribution is 2.66. The minimum atomic E-state index is 0. The third kappa shape index (κ3) is 4.57. The highest BCUT2D eigenvalue weighted by molar-refractivity contribution is 5.85. The molecule has 1 aliphatic heterocycles. The van der Waals surface area contributed by atoms with Gasteiger partial charge in [-0.2, -0.15) is 0 Å². The summed E-state index contributed by atoms with van der Waals surface area (Å²) in [6.07, 6.45) is 16.4. The molecule has 6 rings (SSSR count). The van der Waals surface area contributed by atoms with E-state index in [0.717, 1.165) is 29.6 Å². The van der Waals surface area contributed by atoms with Crippen LogP contribution in [0.5, 0.6) is 0 Å². The maximum atomic E-state index is 2.73. The Morgan fingerprint density at radius 2 is 1.48 bits per heavy atom. The molecule has 5 fully saturated rings. The first kappa shape index (κ1) is 21.7. The highest BCUT2D eigenvalue weighted by atomic mass is 35.5. The fraction of sp³-hybridized carbons (Fsp3) is 0.778. The number of nitrogens with zero attached hydrogens (tertiary/aromatic N) is 1. The van der Waals surface area contributed by atoms with Crippen molar-refractivity contribution in [2.75, 3.05) is 19.6 Å². The van der Waals surface area contributed by atoms with E-state index < -0.39 is 0 Å². The zero-order chi connectivity index (χ0) is 19.0. The first-order valence-corrected chi connectivity index (χ1v) is 12.5. The second kappa shape index (κ2) is 9.31. The van der Waals surface area contributed by atoms with E-state index >= 15 is 0 Å². The summed E-state index contributed by atoms with van der Waals surface area (Å²) in [5.41, 5.74) is 2.29. The summed E-state index contributed by atoms with van der Waals surface area (Å²) in [5, 5.41) is 0. The first-order chi connectivity index (χ1) is 13.7. The van der Waals surface area contributed by atoms with Crippen LogP contribution in [0.3, 0.4) is 0 Å². The molecule has 0 spiro atoms. The number of likely N-dealkylation sites (tertiary alicyclic amines) is 1. The van der Waals surface area contributed by atoms with Crippen LogP contribution in [0.25, 0.3) is 0 Å². The average Bonchev–Trinajstić information content (AvgIpc) is 2.68. The number of benzene rings is 1. The molecule has 162 valence electrons. The van der Waals surface area contributed by atoms with Crippen molar-refractivity contribution in [3.63, 3.8) is 0 Å². The number of hydrogen-bond acceptors (Lipinski definition) is 1. The highest BCUT2D eigenvalue weighted by Gasteiger charge is 2.55. The molecule has 1 aromatic rings. The van der Waals surface area contributed by atoms with E-state index in [1.54, 1.807) is 24.8 Å². The molecule has 1 nitrogen and oxygen atoms in total. The third-order valence-corrected chi connectivity index (χ3v) is 9.06. The SMILES string of the molecule is CC(CCCN1CCCCC1)C(c1ccccc1)C12CC3CC(CC(C3)C1)C2.Cl. The Morgan fingerprint density at radius 3 is 2.07 bits per heavy atom. The molecule has 1 heterocycles. The molecule has 0 aromatic heterocycles. The van der Waals surface area contributed by atoms with Crippen molar-refractivity contribution < 1.29 is 0 Å². The molecule has 0 radical (unpaired) electrons. The van der Waals surface area contributed by atoms with Gasteiger partial charge >= 0.3 is 0 Å². The zero-order valence-electron chi connectivity index (χ0n) is 18.5. The Morgan fingerprint density at radius 1 is 0.897 bits per heavy atom. The lowest BCUT2D eigenvalue weighted by atomic mass is 9.44. The standard InChI is InChI=1S/C27H41N.ClH/c1-21(9-8-14-28-12-6-3-7-13-28)26(25-10-4-2-5-11-25)27-18-22-15-23(19-27)17-24(16-22)20-27;/h2,4-5,10-11,21-24,26H,3,6-9,12-20H2,1H3;1H. The number of piperidine rings is 1. The molecule has 1 saturated heterocycles. The van der Waals surface area contributed by atoms with E-state index in [1.165, 1.54) is 71.0 Å². The molecule has 2 unspecified atom stereocenters. The number of halogens is 1. The molecule has 0 amide bonds. The van der Waals surface area contributed by atoms with Crippen LogP contribution in [0.2, 0.25) is 0 Å². The molecule has 1 aromatic carbocycles. The topological polar surface area (TPSA) is 3.24 Å². The summed E-state index contributed by atoms with van der Waals surface area (Å²) >= 11 is 0. The summed E-state index contributed by atoms with van der Waals surface area (Å²) in [6.45, 7) is 6.65. The van der Waals surface area contributed by atoms with Crippen LogP contribution >= 0.6 is 12.4 Å². The van der Waals surface area contributed by atoms with E-state index in [1.807, 2.05) is 0 Å². The molecular formula is C27H42ClN. The van der Waals surface area contributed by atoms with Gasteiger partial charge in [-0.05, 0) is 124 Å². The quantitative estimate of drug-likeness (QED) is 0.451. The number of rotatable bonds is 7. The smallest absolute Gasteiger partial charge is 0.00186 e. The van der Waals surface area contributed by atoms with E-state index in [4.69, 9.17) is 0 Å². The lowest BCUT2D eigenvalue weighted by Gasteiger charge is -2.60. The lowest BCUT2D eigenvalue weighted by molar-refractivity contribution is -0.0787. The summed E-state index contributed by atoms with van der Waals surface area (Å²) in [6, 6.07) is 11.7. The van der Waals surface area contributed by atoms with Crippen molar-refractivity contribution in [3.05, 3.63) is 35.9 Å². The van der Waals surface area contributed by atoms with E-state index in [2.05, 4.69) is 42.2 Å². The predicted octanol–water partition coefficient (Wildman–Crippen LogP) is 7.31. The molecule has 5 aliphatic rings. The van der Waals surface area contributed by atoms with Gasteiger partial charge in [-0.25, -0.2) is 0 Å². The van der Waals surface area contributed by atoms with Gasteiger partial charge in [0.15, 0.2) is 0 Å². The largest absolute Gasteiger partial charge is 0.303 e. The fourth-order valence-corrected chi connectivity index (χ4v) is 8.49. The van der Waals surface area contributed by atoms with Crippen LogP contribution in [-0.2, 0) is 0 Å². The minimum absolute atomic E-state index is 0. The Balaban J connectivity index is 0.00000205. The first-order valence-electron chi connectivity index (χ1n) is 12.5. The Bertz CT molecular complexity index is 600. The molecule has 2 heteroatoms. The van der Waals surface area contributed by atoms with Crippen molar-refractivity contribution in [2.45, 2.75) is 83.5 Å². The van der Waals surface area contributed by atoms with Gasteiger partial charge in [-0.15, -0.1) is 12.4 Å². The van der Waals surface area contributed by atoms with Crippen LogP contribution < -0.4 is 0 Å². The van der Waals surface area contributed by atoms with Crippen molar-refractivity contribution >= 4 is 12.4 Å². The second-order valence-electron chi connectivity index (χ2n) is 11.2. The van der Waals surface area contributed by atoms with Crippen molar-refractivity contribution in [3.8, 4) is 0 Å². The van der Waals surface area contributed by atoms with Crippen LogP contribution in [-0.4, -0.2) is 24.5 Å². The normalized spacial score (nSPS) is 35.8. The summed E-state index contributed by atoms with van der Waals surface area (Å²) in [7, 11) is 0. The summed E-state index contributed by atoms with van der Waals surface area (Å²) in [5.74, 6) is 4.78. The lowest BCUT2D eigenvalue weighted by Crippen LogP contribution is -2.50. The fourth-order valence-electron chi connectivity index (χ4n) is 8.49. The van der Waals surface area contributed by atoms with Gasteiger partial charge in [0.1, 0.15) is 0 Å². The van der Waals surface area contributed by atoms with Crippen LogP contribution in [0, 0.1) is 29.1 Å². The third-order valence-electron chi connectivity index (χ3n) is 9.06. The average molecular weight is 416 g/mol. The predicted molar refractivity (Wildman–Crippen MR) is 126 cm³/mol. The Kier molecular flexibility index (Phi) is 6.96. The summed E-state index contributed by atoms with van der Waals surface area (Å²) < 4.78 is 0. The molecule has 4 aliphatic carbocycles. The van der Waals surface area contributed by atoms with Crippen molar-refractivity contribution in [2.24, 2.45) is 29.1 Å². The van der Waals surface area contributed by atoms with Crippen molar-refractivity contribution in [1.82, 2.24) is 4.90 Å². The molecule has 0 N–H and O–H groups in total. The minimum Gasteiger partial charge on any atom is -0.303 e. The Labute approximate surface area is 185 Å². The van der Waals surface area contributed by atoms with E-state index in [0.29, 0.717) is 5.41 Å². The van der Waals surface area contributed by atoms with Crippen LogP contribution in [0.1, 0.15) is 89.0 Å². The van der Waals surface area contributed by atoms with Gasteiger partial charge in [0, 0.05) is 0 Å². The van der Waals surface area contributed by atoms with Gasteiger partial charge < -0.3 is 4.90 Å². The van der Waals surface area contributed by atoms with Gasteiger partial charge in [0.25, 0.3) is 0 Å². The zero-order valence-corrected chi connectivity index (χ0v) is 19.3. The van der Waals surface area contributed by atoms with Gasteiger partial charge in [-0.3, -0.25) is 0 Å². The summed E-state index contributed by atoms with van der Waals surface area (Å²) in [4.78, 5) is 2.73. The maximum Gasteiger partial charge on any atom is -0.00186 e. The molecule has 2 atom stereocenters. The second-order valence-corrected chi connectivity index (χ2v) is 11.2. The van der Waals surface area contributed by atoms with Crippen LogP contribution in [0.4, 0.5) is 0 Å². The Hall–Kier alpha value is -0.530. The molecule has 4 bridgehead atoms. The molecular weight excluding hydrogens is 374 g/mol. The monoisotopic (exact) mass is 415 g/mol. The van der Waals surface area contributed by atoms with Gasteiger partial charge in [0.05, 0.1) is 0 Å². The maximum absolute atomic E-state index is 2.73. The van der Waals surface area contributed by atoms with Gasteiger partial charge in [0.2, 0.25) is 0 Å². The molecule has 29 heavy (non-hydrogen) atoms. The number of hydrogen-bond donors (Lipinski definition) is 0. The van der Waals surface area contributed by atoms with Crippen molar-refractivity contribution in [1.29, 1.82) is 0 Å².